The lowest BCUT2D eigenvalue weighted by Crippen LogP contribution is -2.29. The average Bonchev–Trinajstić information content (AvgIpc) is 3.27. The largest absolute Gasteiger partial charge is 0.573 e. The van der Waals surface area contributed by atoms with Crippen molar-refractivity contribution < 1.29 is 27.1 Å². The molecule has 3 aromatic rings. The molecule has 0 aliphatic heterocycles. The Hall–Kier alpha value is -2.74. The van der Waals surface area contributed by atoms with Gasteiger partial charge in [0.15, 0.2) is 0 Å². The van der Waals surface area contributed by atoms with Gasteiger partial charge in [0.1, 0.15) is 11.5 Å². The van der Waals surface area contributed by atoms with Gasteiger partial charge in [0.05, 0.1) is 12.8 Å². The van der Waals surface area contributed by atoms with Crippen LogP contribution in [-0.2, 0) is 13.1 Å². The first-order valence-electron chi connectivity index (χ1n) is 7.59. The number of amides is 1. The van der Waals surface area contributed by atoms with E-state index in [1.807, 2.05) is 16.8 Å². The number of rotatable bonds is 6. The highest BCUT2D eigenvalue weighted by Crippen LogP contribution is 2.24. The van der Waals surface area contributed by atoms with Crippen LogP contribution in [0, 0.1) is 0 Å². The minimum absolute atomic E-state index is 0.252. The summed E-state index contributed by atoms with van der Waals surface area (Å²) in [5.74, 6) is -0.0683. The maximum Gasteiger partial charge on any atom is 0.573 e. The van der Waals surface area contributed by atoms with Crippen LogP contribution in [0.1, 0.15) is 21.7 Å². The lowest BCUT2D eigenvalue weighted by atomic mass is 10.1. The first kappa shape index (κ1) is 18.1. The highest BCUT2D eigenvalue weighted by Gasteiger charge is 2.31. The standard InChI is InChI=1S/C18H14F3NO3S/c19-18(20,21)25-15-5-3-14(4-6-15)17(23)22(10-13-7-9-26-12-13)11-16-2-1-8-24-16/h1-9,12H,10-11H2. The summed E-state index contributed by atoms with van der Waals surface area (Å²) < 4.78 is 45.9. The van der Waals surface area contributed by atoms with Crippen molar-refractivity contribution in [2.45, 2.75) is 19.5 Å². The van der Waals surface area contributed by atoms with Crippen LogP contribution in [0.5, 0.6) is 5.75 Å². The van der Waals surface area contributed by atoms with Crippen LogP contribution in [0.25, 0.3) is 0 Å². The van der Waals surface area contributed by atoms with E-state index in [2.05, 4.69) is 4.74 Å². The number of nitrogens with zero attached hydrogens (tertiary/aromatic N) is 1. The Balaban J connectivity index is 1.77. The first-order chi connectivity index (χ1) is 12.4. The number of ether oxygens (including phenoxy) is 1. The third-order valence-corrected chi connectivity index (χ3v) is 4.23. The molecule has 0 aliphatic carbocycles. The molecule has 0 saturated carbocycles. The number of carbonyl (C=O) groups is 1. The van der Waals surface area contributed by atoms with Crippen LogP contribution in [-0.4, -0.2) is 17.2 Å². The van der Waals surface area contributed by atoms with E-state index in [0.29, 0.717) is 12.3 Å². The Morgan fingerprint density at radius 3 is 2.46 bits per heavy atom. The van der Waals surface area contributed by atoms with Crippen LogP contribution >= 0.6 is 11.3 Å². The van der Waals surface area contributed by atoms with Crippen molar-refractivity contribution in [3.63, 3.8) is 0 Å². The predicted octanol–water partition coefficient (Wildman–Crippen LogP) is 5.08. The van der Waals surface area contributed by atoms with Crippen molar-refractivity contribution in [2.24, 2.45) is 0 Å². The van der Waals surface area contributed by atoms with Crippen molar-refractivity contribution in [1.29, 1.82) is 0 Å². The van der Waals surface area contributed by atoms with Gasteiger partial charge in [-0.2, -0.15) is 11.3 Å². The molecule has 0 saturated heterocycles. The van der Waals surface area contributed by atoms with E-state index in [0.717, 1.165) is 17.7 Å². The van der Waals surface area contributed by atoms with E-state index in [9.17, 15) is 18.0 Å². The van der Waals surface area contributed by atoms with E-state index >= 15 is 0 Å². The molecule has 1 aromatic carbocycles. The van der Waals surface area contributed by atoms with Crippen molar-refractivity contribution in [3.05, 3.63) is 76.4 Å². The minimum atomic E-state index is -4.77. The van der Waals surface area contributed by atoms with Crippen molar-refractivity contribution in [3.8, 4) is 5.75 Å². The Bertz CT molecular complexity index is 791. The van der Waals surface area contributed by atoms with Crippen LogP contribution < -0.4 is 4.74 Å². The number of halogens is 3. The maximum absolute atomic E-state index is 12.8. The molecule has 0 atom stereocenters. The fraction of sp³-hybridized carbons (Fsp3) is 0.167. The van der Waals surface area contributed by atoms with E-state index in [1.165, 1.54) is 29.7 Å². The fourth-order valence-corrected chi connectivity index (χ4v) is 3.03. The highest BCUT2D eigenvalue weighted by atomic mass is 32.1. The van der Waals surface area contributed by atoms with E-state index in [1.54, 1.807) is 17.0 Å². The van der Waals surface area contributed by atoms with Gasteiger partial charge in [-0.25, -0.2) is 0 Å². The second-order valence-electron chi connectivity index (χ2n) is 5.44. The Morgan fingerprint density at radius 1 is 1.12 bits per heavy atom. The average molecular weight is 381 g/mol. The van der Waals surface area contributed by atoms with Crippen LogP contribution in [0.3, 0.4) is 0 Å². The number of hydrogen-bond acceptors (Lipinski definition) is 4. The monoisotopic (exact) mass is 381 g/mol. The summed E-state index contributed by atoms with van der Waals surface area (Å²) in [5.41, 5.74) is 1.23. The van der Waals surface area contributed by atoms with Crippen molar-refractivity contribution in [1.82, 2.24) is 4.90 Å². The van der Waals surface area contributed by atoms with Gasteiger partial charge in [0.2, 0.25) is 0 Å². The predicted molar refractivity (Wildman–Crippen MR) is 89.7 cm³/mol. The SMILES string of the molecule is O=C(c1ccc(OC(F)(F)F)cc1)N(Cc1ccsc1)Cc1ccco1. The molecule has 2 aromatic heterocycles. The number of alkyl halides is 3. The fourth-order valence-electron chi connectivity index (χ4n) is 2.37. The lowest BCUT2D eigenvalue weighted by molar-refractivity contribution is -0.274. The number of furan rings is 1. The molecule has 1 amide bonds. The van der Waals surface area contributed by atoms with Gasteiger partial charge in [-0.05, 0) is 58.8 Å². The molecule has 3 rings (SSSR count). The summed E-state index contributed by atoms with van der Waals surface area (Å²) in [6, 6.07) is 10.3. The number of carbonyl (C=O) groups excluding carboxylic acids is 1. The molecule has 0 fully saturated rings. The number of hydrogen-bond donors (Lipinski definition) is 0. The normalized spacial score (nSPS) is 11.3. The third-order valence-electron chi connectivity index (χ3n) is 3.50. The second kappa shape index (κ2) is 7.65. The first-order valence-corrected chi connectivity index (χ1v) is 8.53. The minimum Gasteiger partial charge on any atom is -0.467 e. The maximum atomic E-state index is 12.8. The zero-order valence-corrected chi connectivity index (χ0v) is 14.2. The van der Waals surface area contributed by atoms with Gasteiger partial charge in [-0.1, -0.05) is 0 Å². The molecule has 0 unspecified atom stereocenters. The second-order valence-corrected chi connectivity index (χ2v) is 6.22. The quantitative estimate of drug-likeness (QED) is 0.598. The number of thiophene rings is 1. The molecule has 2 heterocycles. The third kappa shape index (κ3) is 4.89. The molecule has 0 bridgehead atoms. The summed E-state index contributed by atoms with van der Waals surface area (Å²) in [5, 5.41) is 3.84. The molecule has 0 spiro atoms. The molecule has 0 N–H and O–H groups in total. The Labute approximate surface area is 151 Å². The van der Waals surface area contributed by atoms with Gasteiger partial charge in [0, 0.05) is 12.1 Å². The lowest BCUT2D eigenvalue weighted by Gasteiger charge is -2.21. The van der Waals surface area contributed by atoms with E-state index in [4.69, 9.17) is 4.42 Å². The molecule has 0 aliphatic rings. The van der Waals surface area contributed by atoms with Gasteiger partial charge < -0.3 is 14.1 Å². The summed E-state index contributed by atoms with van der Waals surface area (Å²) in [4.78, 5) is 14.4. The molecule has 0 radical (unpaired) electrons. The van der Waals surface area contributed by atoms with E-state index < -0.39 is 6.36 Å². The zero-order chi connectivity index (χ0) is 18.6. The van der Waals surface area contributed by atoms with Gasteiger partial charge in [-0.3, -0.25) is 4.79 Å². The summed E-state index contributed by atoms with van der Waals surface area (Å²) in [7, 11) is 0. The van der Waals surface area contributed by atoms with Crippen molar-refractivity contribution in [2.75, 3.05) is 0 Å². The zero-order valence-electron chi connectivity index (χ0n) is 13.4. The summed E-state index contributed by atoms with van der Waals surface area (Å²) in [6.45, 7) is 0.617. The molecule has 26 heavy (non-hydrogen) atoms. The summed E-state index contributed by atoms with van der Waals surface area (Å²) in [6.07, 6.45) is -3.25. The molecule has 4 nitrogen and oxygen atoms in total. The summed E-state index contributed by atoms with van der Waals surface area (Å²) >= 11 is 1.52. The smallest absolute Gasteiger partial charge is 0.467 e. The molecule has 8 heteroatoms. The Morgan fingerprint density at radius 2 is 1.88 bits per heavy atom. The molecular weight excluding hydrogens is 367 g/mol. The van der Waals surface area contributed by atoms with Crippen LogP contribution in [0.4, 0.5) is 13.2 Å². The topological polar surface area (TPSA) is 42.7 Å². The van der Waals surface area contributed by atoms with Crippen molar-refractivity contribution >= 4 is 17.2 Å². The van der Waals surface area contributed by atoms with Gasteiger partial charge in [0.25, 0.3) is 5.91 Å². The number of benzene rings is 1. The van der Waals surface area contributed by atoms with Gasteiger partial charge >= 0.3 is 6.36 Å². The molecular formula is C18H14F3NO3S. The van der Waals surface area contributed by atoms with Crippen LogP contribution in [0.2, 0.25) is 0 Å². The Kier molecular flexibility index (Phi) is 5.32. The van der Waals surface area contributed by atoms with Gasteiger partial charge in [-0.15, -0.1) is 13.2 Å². The van der Waals surface area contributed by atoms with E-state index in [-0.39, 0.29) is 23.8 Å². The highest BCUT2D eigenvalue weighted by molar-refractivity contribution is 7.07. The van der Waals surface area contributed by atoms with Crippen LogP contribution in [0.15, 0.2) is 63.9 Å². The molecule has 136 valence electrons.